The summed E-state index contributed by atoms with van der Waals surface area (Å²) in [5.74, 6) is -0.720. The summed E-state index contributed by atoms with van der Waals surface area (Å²) in [5, 5.41) is 0. The minimum absolute atomic E-state index is 0.224. The van der Waals surface area contributed by atoms with Gasteiger partial charge < -0.3 is 14.4 Å². The maximum atomic E-state index is 13.4. The number of ether oxygens (including phenoxy) is 2. The van der Waals surface area contributed by atoms with Crippen LogP contribution in [0.1, 0.15) is 0 Å². The molecule has 1 saturated heterocycles. The Bertz CT molecular complexity index is 899. The largest absolute Gasteiger partial charge is 0.497 e. The zero-order valence-corrected chi connectivity index (χ0v) is 16.3. The Morgan fingerprint density at radius 1 is 1.00 bits per heavy atom. The van der Waals surface area contributed by atoms with Gasteiger partial charge in [-0.15, -0.1) is 0 Å². The third-order valence-electron chi connectivity index (χ3n) is 4.74. The van der Waals surface area contributed by atoms with Crippen LogP contribution in [0.4, 0.5) is 8.78 Å². The molecule has 0 saturated carbocycles. The lowest BCUT2D eigenvalue weighted by Gasteiger charge is -2.31. The van der Waals surface area contributed by atoms with Crippen molar-refractivity contribution in [1.29, 1.82) is 0 Å². The van der Waals surface area contributed by atoms with Gasteiger partial charge in [-0.25, -0.2) is 17.2 Å². The molecule has 1 fully saturated rings. The molecule has 0 amide bonds. The number of methoxy groups -OCH3 is 1. The second-order valence-corrected chi connectivity index (χ2v) is 8.44. The van der Waals surface area contributed by atoms with Crippen LogP contribution in [-0.2, 0) is 10.0 Å². The van der Waals surface area contributed by atoms with Gasteiger partial charge in [-0.2, -0.15) is 4.31 Å². The van der Waals surface area contributed by atoms with Crippen LogP contribution >= 0.6 is 0 Å². The molecule has 0 aliphatic carbocycles. The molecule has 1 N–H and O–H groups in total. The molecule has 2 aromatic carbocycles. The van der Waals surface area contributed by atoms with E-state index in [0.717, 1.165) is 36.2 Å². The quantitative estimate of drug-likeness (QED) is 0.734. The average Bonchev–Trinajstić information content (AvgIpc) is 2.71. The minimum atomic E-state index is -3.82. The van der Waals surface area contributed by atoms with Crippen LogP contribution in [0.2, 0.25) is 0 Å². The van der Waals surface area contributed by atoms with Crippen LogP contribution < -0.4 is 14.4 Å². The lowest BCUT2D eigenvalue weighted by molar-refractivity contribution is -0.903. The van der Waals surface area contributed by atoms with Gasteiger partial charge in [0.25, 0.3) is 0 Å². The van der Waals surface area contributed by atoms with Gasteiger partial charge in [0.2, 0.25) is 10.0 Å². The standard InChI is InChI=1S/C19H22F2N2O4S/c1-26-15-2-4-16(5-3-15)27-13-12-22-8-10-23(11-9-22)28(24,25)17-6-7-18(20)19(21)14-17/h2-7,14H,8-13H2,1H3/p+1. The first-order chi connectivity index (χ1) is 13.4. The molecule has 1 aliphatic rings. The molecule has 0 atom stereocenters. The van der Waals surface area contributed by atoms with E-state index in [0.29, 0.717) is 32.8 Å². The van der Waals surface area contributed by atoms with Gasteiger partial charge in [-0.1, -0.05) is 0 Å². The summed E-state index contributed by atoms with van der Waals surface area (Å²) < 4.78 is 63.8. The van der Waals surface area contributed by atoms with E-state index in [9.17, 15) is 17.2 Å². The molecular formula is C19H23F2N2O4S+. The number of halogens is 2. The van der Waals surface area contributed by atoms with Crippen molar-refractivity contribution in [3.63, 3.8) is 0 Å². The Labute approximate surface area is 163 Å². The molecule has 152 valence electrons. The van der Waals surface area contributed by atoms with Gasteiger partial charge in [-0.3, -0.25) is 0 Å². The predicted molar refractivity (Wildman–Crippen MR) is 99.2 cm³/mol. The van der Waals surface area contributed by atoms with E-state index in [1.807, 2.05) is 24.3 Å². The van der Waals surface area contributed by atoms with Crippen molar-refractivity contribution in [3.8, 4) is 11.5 Å². The highest BCUT2D eigenvalue weighted by molar-refractivity contribution is 7.89. The molecule has 0 aromatic heterocycles. The molecule has 28 heavy (non-hydrogen) atoms. The number of hydrogen-bond donors (Lipinski definition) is 1. The number of hydrogen-bond acceptors (Lipinski definition) is 4. The SMILES string of the molecule is COc1ccc(OCC[NH+]2CCN(S(=O)(=O)c3ccc(F)c(F)c3)CC2)cc1. The van der Waals surface area contributed by atoms with Gasteiger partial charge in [0.05, 0.1) is 38.2 Å². The fraction of sp³-hybridized carbons (Fsp3) is 0.368. The van der Waals surface area contributed by atoms with Gasteiger partial charge >= 0.3 is 0 Å². The third-order valence-corrected chi connectivity index (χ3v) is 6.64. The second kappa shape index (κ2) is 8.85. The van der Waals surface area contributed by atoms with Gasteiger partial charge in [0.15, 0.2) is 11.6 Å². The zero-order valence-electron chi connectivity index (χ0n) is 15.5. The van der Waals surface area contributed by atoms with Crippen LogP contribution in [-0.4, -0.2) is 59.2 Å². The minimum Gasteiger partial charge on any atom is -0.497 e. The summed E-state index contributed by atoms with van der Waals surface area (Å²) in [4.78, 5) is 1.00. The number of benzene rings is 2. The first-order valence-electron chi connectivity index (χ1n) is 8.96. The fourth-order valence-electron chi connectivity index (χ4n) is 3.06. The Morgan fingerprint density at radius 3 is 2.25 bits per heavy atom. The van der Waals surface area contributed by atoms with Gasteiger partial charge in [-0.05, 0) is 42.5 Å². The van der Waals surface area contributed by atoms with Crippen LogP contribution in [0.15, 0.2) is 47.4 Å². The number of sulfonamides is 1. The second-order valence-electron chi connectivity index (χ2n) is 6.50. The summed E-state index contributed by atoms with van der Waals surface area (Å²) in [7, 11) is -2.22. The molecule has 9 heteroatoms. The topological polar surface area (TPSA) is 60.3 Å². The van der Waals surface area contributed by atoms with E-state index < -0.39 is 21.7 Å². The number of nitrogens with one attached hydrogen (secondary N) is 1. The Morgan fingerprint density at radius 2 is 1.64 bits per heavy atom. The van der Waals surface area contributed by atoms with Crippen LogP contribution in [0.3, 0.4) is 0 Å². The summed E-state index contributed by atoms with van der Waals surface area (Å²) in [6, 6.07) is 9.97. The molecule has 6 nitrogen and oxygen atoms in total. The van der Waals surface area contributed by atoms with E-state index in [1.54, 1.807) is 7.11 Å². The fourth-order valence-corrected chi connectivity index (χ4v) is 4.52. The first kappa shape index (κ1) is 20.5. The summed E-state index contributed by atoms with van der Waals surface area (Å²) in [6.07, 6.45) is 0. The van der Waals surface area contributed by atoms with Crippen molar-refractivity contribution in [3.05, 3.63) is 54.1 Å². The molecule has 0 spiro atoms. The average molecular weight is 413 g/mol. The van der Waals surface area contributed by atoms with Crippen molar-refractivity contribution < 1.29 is 31.6 Å². The number of quaternary nitrogens is 1. The van der Waals surface area contributed by atoms with E-state index >= 15 is 0 Å². The van der Waals surface area contributed by atoms with Crippen LogP contribution in [0.5, 0.6) is 11.5 Å². The molecular weight excluding hydrogens is 390 g/mol. The first-order valence-corrected chi connectivity index (χ1v) is 10.4. The van der Waals surface area contributed by atoms with Gasteiger partial charge in [0.1, 0.15) is 24.7 Å². The number of piperazine rings is 1. The maximum absolute atomic E-state index is 13.4. The highest BCUT2D eigenvalue weighted by Gasteiger charge is 2.30. The molecule has 0 unspecified atom stereocenters. The van der Waals surface area contributed by atoms with E-state index in [-0.39, 0.29) is 4.90 Å². The number of rotatable bonds is 7. The smallest absolute Gasteiger partial charge is 0.243 e. The van der Waals surface area contributed by atoms with E-state index in [4.69, 9.17) is 9.47 Å². The van der Waals surface area contributed by atoms with Crippen LogP contribution in [0, 0.1) is 11.6 Å². The molecule has 0 bridgehead atoms. The number of nitrogens with zero attached hydrogens (tertiary/aromatic N) is 1. The Kier molecular flexibility index (Phi) is 6.48. The molecule has 2 aromatic rings. The Hall–Kier alpha value is -2.23. The van der Waals surface area contributed by atoms with Crippen LogP contribution in [0.25, 0.3) is 0 Å². The summed E-state index contributed by atoms with van der Waals surface area (Å²) in [5.41, 5.74) is 0. The van der Waals surface area contributed by atoms with Crippen molar-refractivity contribution >= 4 is 10.0 Å². The van der Waals surface area contributed by atoms with E-state index in [1.165, 1.54) is 9.21 Å². The summed E-state index contributed by atoms with van der Waals surface area (Å²) >= 11 is 0. The summed E-state index contributed by atoms with van der Waals surface area (Å²) in [6.45, 7) is 3.13. The Balaban J connectivity index is 1.48. The van der Waals surface area contributed by atoms with Crippen molar-refractivity contribution in [2.24, 2.45) is 0 Å². The van der Waals surface area contributed by atoms with Crippen molar-refractivity contribution in [2.45, 2.75) is 4.90 Å². The molecule has 1 aliphatic heterocycles. The highest BCUT2D eigenvalue weighted by Crippen LogP contribution is 2.19. The third kappa shape index (κ3) is 4.78. The van der Waals surface area contributed by atoms with Crippen molar-refractivity contribution in [1.82, 2.24) is 4.31 Å². The predicted octanol–water partition coefficient (Wildman–Crippen LogP) is 0.942. The molecule has 0 radical (unpaired) electrons. The highest BCUT2D eigenvalue weighted by atomic mass is 32.2. The lowest BCUT2D eigenvalue weighted by atomic mass is 10.3. The zero-order chi connectivity index (χ0) is 20.1. The van der Waals surface area contributed by atoms with Gasteiger partial charge in [0, 0.05) is 0 Å². The normalized spacial score (nSPS) is 16.1. The maximum Gasteiger partial charge on any atom is 0.243 e. The molecule has 3 rings (SSSR count). The lowest BCUT2D eigenvalue weighted by Crippen LogP contribution is -3.15. The molecule has 1 heterocycles. The monoisotopic (exact) mass is 413 g/mol. The van der Waals surface area contributed by atoms with Crippen molar-refractivity contribution in [2.75, 3.05) is 46.4 Å². The van der Waals surface area contributed by atoms with E-state index in [2.05, 4.69) is 0 Å².